The number of nitrogens with one attached hydrogen (secondary N) is 1. The maximum Gasteiger partial charge on any atom is 0.214 e. The van der Waals surface area contributed by atoms with E-state index >= 15 is 0 Å². The van der Waals surface area contributed by atoms with E-state index in [2.05, 4.69) is 25.3 Å². The van der Waals surface area contributed by atoms with Gasteiger partial charge in [-0.15, -0.1) is 0 Å². The molecule has 10 heteroatoms. The van der Waals surface area contributed by atoms with Crippen LogP contribution in [-0.4, -0.2) is 43.7 Å². The van der Waals surface area contributed by atoms with E-state index in [0.29, 0.717) is 45.9 Å². The summed E-state index contributed by atoms with van der Waals surface area (Å²) in [5.41, 5.74) is 3.70. The number of nitrogens with zero attached hydrogens (tertiary/aromatic N) is 5. The highest BCUT2D eigenvalue weighted by molar-refractivity contribution is 6.35. The highest BCUT2D eigenvalue weighted by Gasteiger charge is 2.18. The molecule has 4 heterocycles. The highest BCUT2D eigenvalue weighted by atomic mass is 35.5. The molecule has 0 saturated carbocycles. The van der Waals surface area contributed by atoms with Crippen LogP contribution in [0.4, 0.5) is 0 Å². The average molecular weight is 433 g/mol. The van der Waals surface area contributed by atoms with Gasteiger partial charge < -0.3 is 9.47 Å². The van der Waals surface area contributed by atoms with Gasteiger partial charge >= 0.3 is 0 Å². The van der Waals surface area contributed by atoms with Crippen LogP contribution in [0.3, 0.4) is 0 Å². The highest BCUT2D eigenvalue weighted by Crippen LogP contribution is 2.33. The van der Waals surface area contributed by atoms with E-state index in [0.717, 1.165) is 11.1 Å². The molecule has 1 atom stereocenters. The fraction of sp³-hybridized carbons (Fsp3) is 0.263. The van der Waals surface area contributed by atoms with Crippen molar-refractivity contribution in [3.05, 3.63) is 52.5 Å². The van der Waals surface area contributed by atoms with Crippen LogP contribution in [0.2, 0.25) is 10.0 Å². The van der Waals surface area contributed by atoms with Gasteiger partial charge in [0, 0.05) is 42.9 Å². The Kier molecular flexibility index (Phi) is 5.66. The molecule has 4 rings (SSSR count). The van der Waals surface area contributed by atoms with Gasteiger partial charge in [0.15, 0.2) is 0 Å². The number of aromatic amines is 1. The number of pyridine rings is 2. The monoisotopic (exact) mass is 432 g/mol. The minimum Gasteiger partial charge on any atom is -0.470 e. The van der Waals surface area contributed by atoms with Crippen LogP contribution in [0.15, 0.2) is 36.9 Å². The minimum absolute atomic E-state index is 0.407. The van der Waals surface area contributed by atoms with Crippen molar-refractivity contribution in [3.63, 3.8) is 0 Å². The predicted molar refractivity (Wildman–Crippen MR) is 110 cm³/mol. The SMILES string of the molecule is COCCn1cc(-c2n[nH]c3ccc(O[C@H](C)c4c(Cl)cncc4Cl)nc23)cn1. The van der Waals surface area contributed by atoms with Crippen molar-refractivity contribution in [2.45, 2.75) is 19.6 Å². The quantitative estimate of drug-likeness (QED) is 0.467. The zero-order valence-corrected chi connectivity index (χ0v) is 17.3. The van der Waals surface area contributed by atoms with E-state index in [-0.39, 0.29) is 0 Å². The van der Waals surface area contributed by atoms with Crippen LogP contribution >= 0.6 is 23.2 Å². The summed E-state index contributed by atoms with van der Waals surface area (Å²) in [7, 11) is 1.66. The van der Waals surface area contributed by atoms with Gasteiger partial charge in [0.25, 0.3) is 0 Å². The first kappa shape index (κ1) is 19.6. The standard InChI is InChI=1S/C19H18Cl2N6O2/c1-11(17-13(20)8-22-9-14(17)21)29-16-4-3-15-19(24-16)18(26-25-15)12-7-23-27(10-12)5-6-28-2/h3-4,7-11H,5-6H2,1-2H3,(H,25,26)/t11-/m1/s1. The zero-order chi connectivity index (χ0) is 20.4. The Morgan fingerprint density at radius 1 is 1.17 bits per heavy atom. The lowest BCUT2D eigenvalue weighted by atomic mass is 10.2. The molecule has 4 aromatic heterocycles. The third-order valence-corrected chi connectivity index (χ3v) is 5.01. The summed E-state index contributed by atoms with van der Waals surface area (Å²) in [5, 5.41) is 12.6. The number of halogens is 2. The molecule has 0 aliphatic rings. The summed E-state index contributed by atoms with van der Waals surface area (Å²) in [5.74, 6) is 0.434. The Labute approximate surface area is 176 Å². The Morgan fingerprint density at radius 2 is 1.97 bits per heavy atom. The molecular formula is C19H18Cl2N6O2. The number of ether oxygens (including phenoxy) is 2. The number of H-pyrrole nitrogens is 1. The summed E-state index contributed by atoms with van der Waals surface area (Å²) < 4.78 is 12.9. The Balaban J connectivity index is 1.62. The largest absolute Gasteiger partial charge is 0.470 e. The maximum atomic E-state index is 6.23. The lowest BCUT2D eigenvalue weighted by Crippen LogP contribution is -2.06. The van der Waals surface area contributed by atoms with Gasteiger partial charge in [-0.25, -0.2) is 4.98 Å². The van der Waals surface area contributed by atoms with E-state index in [9.17, 15) is 0 Å². The Morgan fingerprint density at radius 3 is 2.72 bits per heavy atom. The van der Waals surface area contributed by atoms with Gasteiger partial charge in [-0.05, 0) is 13.0 Å². The zero-order valence-electron chi connectivity index (χ0n) is 15.8. The molecule has 0 unspecified atom stereocenters. The number of hydrogen-bond acceptors (Lipinski definition) is 6. The van der Waals surface area contributed by atoms with E-state index in [1.165, 1.54) is 12.4 Å². The van der Waals surface area contributed by atoms with Gasteiger partial charge in [0.05, 0.1) is 34.9 Å². The fourth-order valence-corrected chi connectivity index (χ4v) is 3.66. The third kappa shape index (κ3) is 4.05. The number of methoxy groups -OCH3 is 1. The van der Waals surface area contributed by atoms with E-state index in [4.69, 9.17) is 32.7 Å². The number of aromatic nitrogens is 6. The smallest absolute Gasteiger partial charge is 0.214 e. The third-order valence-electron chi connectivity index (χ3n) is 4.41. The Hall–Kier alpha value is -2.68. The van der Waals surface area contributed by atoms with Crippen molar-refractivity contribution in [1.82, 2.24) is 29.9 Å². The molecule has 0 fully saturated rings. The van der Waals surface area contributed by atoms with Crippen molar-refractivity contribution in [2.75, 3.05) is 13.7 Å². The summed E-state index contributed by atoms with van der Waals surface area (Å²) in [6.45, 7) is 3.09. The van der Waals surface area contributed by atoms with Crippen molar-refractivity contribution in [2.24, 2.45) is 0 Å². The first-order chi connectivity index (χ1) is 14.1. The van der Waals surface area contributed by atoms with Gasteiger partial charge in [-0.2, -0.15) is 10.2 Å². The van der Waals surface area contributed by atoms with Crippen molar-refractivity contribution < 1.29 is 9.47 Å². The number of fused-ring (bicyclic) bond motifs is 1. The molecule has 8 nitrogen and oxygen atoms in total. The lowest BCUT2D eigenvalue weighted by Gasteiger charge is -2.16. The summed E-state index contributed by atoms with van der Waals surface area (Å²) in [4.78, 5) is 8.60. The number of rotatable bonds is 7. The molecular weight excluding hydrogens is 415 g/mol. The first-order valence-corrected chi connectivity index (χ1v) is 9.65. The van der Waals surface area contributed by atoms with E-state index < -0.39 is 6.10 Å². The summed E-state index contributed by atoms with van der Waals surface area (Å²) >= 11 is 12.5. The molecule has 0 amide bonds. The van der Waals surface area contributed by atoms with Crippen molar-refractivity contribution >= 4 is 34.2 Å². The molecule has 0 bridgehead atoms. The van der Waals surface area contributed by atoms with E-state index in [1.807, 2.05) is 19.2 Å². The molecule has 4 aromatic rings. The molecule has 0 radical (unpaired) electrons. The summed E-state index contributed by atoms with van der Waals surface area (Å²) in [6, 6.07) is 3.64. The molecule has 0 aliphatic heterocycles. The molecule has 29 heavy (non-hydrogen) atoms. The molecule has 150 valence electrons. The first-order valence-electron chi connectivity index (χ1n) is 8.89. The maximum absolute atomic E-state index is 6.23. The lowest BCUT2D eigenvalue weighted by molar-refractivity contribution is 0.183. The topological polar surface area (TPSA) is 90.7 Å². The van der Waals surface area contributed by atoms with Crippen LogP contribution < -0.4 is 4.74 Å². The van der Waals surface area contributed by atoms with Crippen LogP contribution in [-0.2, 0) is 11.3 Å². The molecule has 0 aliphatic carbocycles. The second-order valence-corrected chi connectivity index (χ2v) is 7.19. The minimum atomic E-state index is -0.407. The van der Waals surface area contributed by atoms with E-state index in [1.54, 1.807) is 24.1 Å². The van der Waals surface area contributed by atoms with Gasteiger partial charge in [0.2, 0.25) is 5.88 Å². The molecule has 1 N–H and O–H groups in total. The summed E-state index contributed by atoms with van der Waals surface area (Å²) in [6.07, 6.45) is 6.32. The number of hydrogen-bond donors (Lipinski definition) is 1. The normalized spacial score (nSPS) is 12.4. The second-order valence-electron chi connectivity index (χ2n) is 6.38. The molecule has 0 saturated heterocycles. The van der Waals surface area contributed by atoms with Gasteiger partial charge in [0.1, 0.15) is 17.3 Å². The average Bonchev–Trinajstić information content (AvgIpc) is 3.32. The van der Waals surface area contributed by atoms with Crippen LogP contribution in [0, 0.1) is 0 Å². The van der Waals surface area contributed by atoms with Gasteiger partial charge in [-0.1, -0.05) is 23.2 Å². The van der Waals surface area contributed by atoms with Crippen molar-refractivity contribution in [1.29, 1.82) is 0 Å². The fourth-order valence-electron chi connectivity index (χ4n) is 2.99. The van der Waals surface area contributed by atoms with Crippen molar-refractivity contribution in [3.8, 4) is 17.1 Å². The van der Waals surface area contributed by atoms with Gasteiger partial charge in [-0.3, -0.25) is 14.8 Å². The second kappa shape index (κ2) is 8.36. The Bertz CT molecular complexity index is 1120. The van der Waals surface area contributed by atoms with Crippen LogP contribution in [0.5, 0.6) is 5.88 Å². The van der Waals surface area contributed by atoms with Crippen LogP contribution in [0.1, 0.15) is 18.6 Å². The molecule has 0 aromatic carbocycles. The predicted octanol–water partition coefficient (Wildman–Crippen LogP) is 4.31. The van der Waals surface area contributed by atoms with Crippen LogP contribution in [0.25, 0.3) is 22.3 Å². The molecule has 0 spiro atoms.